The van der Waals surface area contributed by atoms with Crippen molar-refractivity contribution in [3.8, 4) is 0 Å². The molecule has 1 atom stereocenters. The van der Waals surface area contributed by atoms with Crippen molar-refractivity contribution >= 4 is 0 Å². The Kier molecular flexibility index (Phi) is 5.61. The molecule has 0 radical (unpaired) electrons. The molecule has 0 aliphatic carbocycles. The Morgan fingerprint density at radius 2 is 1.83 bits per heavy atom. The van der Waals surface area contributed by atoms with Crippen molar-refractivity contribution in [1.29, 1.82) is 0 Å². The van der Waals surface area contributed by atoms with Gasteiger partial charge in [-0.25, -0.2) is 0 Å². The van der Waals surface area contributed by atoms with Crippen LogP contribution in [0.15, 0.2) is 42.0 Å². The molecule has 0 saturated heterocycles. The Balaban J connectivity index is 2.99. The van der Waals surface area contributed by atoms with Crippen molar-refractivity contribution < 1.29 is 0 Å². The molecule has 1 unspecified atom stereocenters. The molecule has 0 amide bonds. The molecule has 0 aliphatic rings. The Morgan fingerprint density at radius 1 is 1.22 bits per heavy atom. The Bertz CT molecular complexity index is 372. The summed E-state index contributed by atoms with van der Waals surface area (Å²) in [7, 11) is 0. The monoisotopic (exact) mass is 245 g/mol. The summed E-state index contributed by atoms with van der Waals surface area (Å²) in [6, 6.07) is 11.1. The lowest BCUT2D eigenvalue weighted by Gasteiger charge is -2.34. The quantitative estimate of drug-likeness (QED) is 0.737. The van der Waals surface area contributed by atoms with E-state index in [1.807, 2.05) is 0 Å². The molecule has 18 heavy (non-hydrogen) atoms. The first kappa shape index (κ1) is 15.0. The molecule has 0 saturated carbocycles. The maximum absolute atomic E-state index is 3.66. The number of hydrogen-bond acceptors (Lipinski definition) is 1. The number of rotatable bonds is 6. The standard InChI is InChI=1S/C17H27N/c1-6-12-18-16(13-14(2)3)17(4,5)15-10-8-7-9-11-15/h7-11,13,16,18H,6,12H2,1-5H3. The lowest BCUT2D eigenvalue weighted by molar-refractivity contribution is 0.393. The second kappa shape index (κ2) is 6.75. The highest BCUT2D eigenvalue weighted by Crippen LogP contribution is 2.28. The van der Waals surface area contributed by atoms with Crippen LogP contribution >= 0.6 is 0 Å². The molecule has 1 rings (SSSR count). The topological polar surface area (TPSA) is 12.0 Å². The van der Waals surface area contributed by atoms with Gasteiger partial charge in [-0.15, -0.1) is 0 Å². The van der Waals surface area contributed by atoms with Crippen molar-refractivity contribution in [2.45, 2.75) is 52.5 Å². The normalized spacial score (nSPS) is 13.2. The van der Waals surface area contributed by atoms with Crippen molar-refractivity contribution in [1.82, 2.24) is 5.32 Å². The second-order valence-corrected chi connectivity index (χ2v) is 5.76. The summed E-state index contributed by atoms with van der Waals surface area (Å²) in [6.07, 6.45) is 3.51. The third-order valence-electron chi connectivity index (χ3n) is 3.41. The number of benzene rings is 1. The van der Waals surface area contributed by atoms with Gasteiger partial charge in [0, 0.05) is 11.5 Å². The molecule has 1 nitrogen and oxygen atoms in total. The largest absolute Gasteiger partial charge is 0.310 e. The summed E-state index contributed by atoms with van der Waals surface area (Å²) in [4.78, 5) is 0. The Hall–Kier alpha value is -1.08. The van der Waals surface area contributed by atoms with Crippen LogP contribution in [0.4, 0.5) is 0 Å². The summed E-state index contributed by atoms with van der Waals surface area (Å²) in [6.45, 7) is 12.2. The minimum absolute atomic E-state index is 0.105. The van der Waals surface area contributed by atoms with Gasteiger partial charge in [0.25, 0.3) is 0 Å². The molecular formula is C17H27N. The summed E-state index contributed by atoms with van der Waals surface area (Å²) in [5.41, 5.74) is 2.86. The van der Waals surface area contributed by atoms with Crippen LogP contribution in [0, 0.1) is 0 Å². The van der Waals surface area contributed by atoms with Gasteiger partial charge in [0.1, 0.15) is 0 Å². The van der Waals surface area contributed by atoms with Crippen molar-refractivity contribution in [2.24, 2.45) is 0 Å². The van der Waals surface area contributed by atoms with Gasteiger partial charge in [0.15, 0.2) is 0 Å². The fourth-order valence-corrected chi connectivity index (χ4v) is 2.20. The molecule has 1 N–H and O–H groups in total. The van der Waals surface area contributed by atoms with Crippen LogP contribution < -0.4 is 5.32 Å². The fourth-order valence-electron chi connectivity index (χ4n) is 2.20. The lowest BCUT2D eigenvalue weighted by atomic mass is 9.77. The summed E-state index contributed by atoms with van der Waals surface area (Å²) >= 11 is 0. The maximum atomic E-state index is 3.66. The number of allylic oxidation sites excluding steroid dienone is 1. The van der Waals surface area contributed by atoms with Gasteiger partial charge < -0.3 is 5.32 Å². The third-order valence-corrected chi connectivity index (χ3v) is 3.41. The first-order valence-corrected chi connectivity index (χ1v) is 6.92. The minimum atomic E-state index is 0.105. The third kappa shape index (κ3) is 3.99. The zero-order chi connectivity index (χ0) is 13.6. The average Bonchev–Trinajstić information content (AvgIpc) is 2.35. The molecule has 1 aromatic carbocycles. The van der Waals surface area contributed by atoms with Crippen LogP contribution in [0.3, 0.4) is 0 Å². The molecule has 0 heterocycles. The van der Waals surface area contributed by atoms with Gasteiger partial charge in [-0.3, -0.25) is 0 Å². The van der Waals surface area contributed by atoms with Crippen LogP contribution in [0.25, 0.3) is 0 Å². The summed E-state index contributed by atoms with van der Waals surface area (Å²) in [5.74, 6) is 0. The van der Waals surface area contributed by atoms with E-state index in [-0.39, 0.29) is 5.41 Å². The van der Waals surface area contributed by atoms with Crippen LogP contribution in [0.2, 0.25) is 0 Å². The molecule has 100 valence electrons. The molecular weight excluding hydrogens is 218 g/mol. The van der Waals surface area contributed by atoms with Crippen LogP contribution in [-0.4, -0.2) is 12.6 Å². The van der Waals surface area contributed by atoms with E-state index in [1.165, 1.54) is 11.1 Å². The van der Waals surface area contributed by atoms with E-state index in [0.717, 1.165) is 13.0 Å². The van der Waals surface area contributed by atoms with E-state index in [0.29, 0.717) is 6.04 Å². The SMILES string of the molecule is CCCNC(C=C(C)C)C(C)(C)c1ccccc1. The summed E-state index contributed by atoms with van der Waals surface area (Å²) < 4.78 is 0. The Morgan fingerprint density at radius 3 is 2.33 bits per heavy atom. The maximum Gasteiger partial charge on any atom is 0.0344 e. The average molecular weight is 245 g/mol. The van der Waals surface area contributed by atoms with Crippen molar-refractivity contribution in [3.05, 3.63) is 47.5 Å². The van der Waals surface area contributed by atoms with Crippen LogP contribution in [0.5, 0.6) is 0 Å². The molecule has 0 spiro atoms. The molecule has 1 heteroatoms. The fraction of sp³-hybridized carbons (Fsp3) is 0.529. The highest BCUT2D eigenvalue weighted by atomic mass is 14.9. The molecule has 0 aromatic heterocycles. The zero-order valence-electron chi connectivity index (χ0n) is 12.5. The van der Waals surface area contributed by atoms with Gasteiger partial charge in [0.2, 0.25) is 0 Å². The molecule has 0 aliphatic heterocycles. The first-order valence-electron chi connectivity index (χ1n) is 6.92. The predicted molar refractivity (Wildman–Crippen MR) is 81.0 cm³/mol. The van der Waals surface area contributed by atoms with Gasteiger partial charge in [-0.05, 0) is 32.4 Å². The first-order chi connectivity index (χ1) is 8.48. The summed E-state index contributed by atoms with van der Waals surface area (Å²) in [5, 5.41) is 3.66. The van der Waals surface area contributed by atoms with E-state index >= 15 is 0 Å². The molecule has 1 aromatic rings. The van der Waals surface area contributed by atoms with Gasteiger partial charge >= 0.3 is 0 Å². The smallest absolute Gasteiger partial charge is 0.0344 e. The van der Waals surface area contributed by atoms with E-state index in [2.05, 4.69) is 76.3 Å². The highest BCUT2D eigenvalue weighted by Gasteiger charge is 2.28. The van der Waals surface area contributed by atoms with Crippen molar-refractivity contribution in [2.75, 3.05) is 6.54 Å². The molecule has 0 fully saturated rings. The predicted octanol–water partition coefficient (Wildman–Crippen LogP) is 4.30. The Labute approximate surface area is 112 Å². The van der Waals surface area contributed by atoms with E-state index in [1.54, 1.807) is 0 Å². The minimum Gasteiger partial charge on any atom is -0.310 e. The van der Waals surface area contributed by atoms with E-state index in [4.69, 9.17) is 0 Å². The highest BCUT2D eigenvalue weighted by molar-refractivity contribution is 5.28. The van der Waals surface area contributed by atoms with Crippen LogP contribution in [0.1, 0.15) is 46.6 Å². The lowest BCUT2D eigenvalue weighted by Crippen LogP contribution is -2.44. The number of nitrogens with one attached hydrogen (secondary N) is 1. The van der Waals surface area contributed by atoms with Crippen molar-refractivity contribution in [3.63, 3.8) is 0 Å². The van der Waals surface area contributed by atoms with Gasteiger partial charge in [-0.2, -0.15) is 0 Å². The number of hydrogen-bond donors (Lipinski definition) is 1. The molecule has 0 bridgehead atoms. The van der Waals surface area contributed by atoms with Gasteiger partial charge in [0.05, 0.1) is 0 Å². The van der Waals surface area contributed by atoms with E-state index in [9.17, 15) is 0 Å². The zero-order valence-corrected chi connectivity index (χ0v) is 12.5. The second-order valence-electron chi connectivity index (χ2n) is 5.76. The van der Waals surface area contributed by atoms with Crippen LogP contribution in [-0.2, 0) is 5.41 Å². The van der Waals surface area contributed by atoms with E-state index < -0.39 is 0 Å². The van der Waals surface area contributed by atoms with Gasteiger partial charge in [-0.1, -0.05) is 62.8 Å².